The Morgan fingerprint density at radius 3 is 2.47 bits per heavy atom. The quantitative estimate of drug-likeness (QED) is 0.280. The maximum Gasteiger partial charge on any atom is 0.191 e. The summed E-state index contributed by atoms with van der Waals surface area (Å²) in [5.41, 5.74) is 1.22. The minimum absolute atomic E-state index is 0. The van der Waals surface area contributed by atoms with Gasteiger partial charge in [0.15, 0.2) is 5.96 Å². The molecule has 7 nitrogen and oxygen atoms in total. The van der Waals surface area contributed by atoms with Crippen LogP contribution in [0.5, 0.6) is 17.2 Å². The molecule has 1 fully saturated rings. The number of anilines is 1. The van der Waals surface area contributed by atoms with Crippen molar-refractivity contribution >= 4 is 35.6 Å². The van der Waals surface area contributed by atoms with Gasteiger partial charge in [-0.15, -0.1) is 24.0 Å². The number of aliphatic imine (C=N–C) groups is 1. The van der Waals surface area contributed by atoms with Crippen molar-refractivity contribution in [3.8, 4) is 17.2 Å². The predicted molar refractivity (Wildman–Crippen MR) is 141 cm³/mol. The van der Waals surface area contributed by atoms with Crippen LogP contribution in [-0.4, -0.2) is 59.5 Å². The molecular formula is C24H35IN4O3. The van der Waals surface area contributed by atoms with E-state index in [1.807, 2.05) is 43.3 Å². The van der Waals surface area contributed by atoms with E-state index in [9.17, 15) is 0 Å². The highest BCUT2D eigenvalue weighted by molar-refractivity contribution is 14.0. The Labute approximate surface area is 208 Å². The second-order valence-corrected chi connectivity index (χ2v) is 7.74. The van der Waals surface area contributed by atoms with E-state index in [4.69, 9.17) is 14.2 Å². The van der Waals surface area contributed by atoms with Gasteiger partial charge in [0.2, 0.25) is 0 Å². The summed E-state index contributed by atoms with van der Waals surface area (Å²) in [6.07, 6.45) is 1.14. The second kappa shape index (κ2) is 13.2. The first-order chi connectivity index (χ1) is 15.1. The van der Waals surface area contributed by atoms with Crippen LogP contribution in [0.15, 0.2) is 53.5 Å². The zero-order valence-corrected chi connectivity index (χ0v) is 21.7. The summed E-state index contributed by atoms with van der Waals surface area (Å²) in [6, 6.07) is 15.9. The average molecular weight is 554 g/mol. The third-order valence-electron chi connectivity index (χ3n) is 5.42. The standard InChI is InChI=1S/C24H34N4O3.HI/c1-18(31-23-10-6-9-22(14-23)30-4)15-26-24(25-2)27-16-19-11-12-28(17-19)20-7-5-8-21(13-20)29-3;/h5-10,13-14,18-19H,11-12,15-17H2,1-4H3,(H2,25,26,27);1H. The number of halogens is 1. The first-order valence-corrected chi connectivity index (χ1v) is 10.8. The Balaban J connectivity index is 0.00000363. The van der Waals surface area contributed by atoms with Crippen LogP contribution < -0.4 is 29.7 Å². The van der Waals surface area contributed by atoms with Crippen LogP contribution in [0.1, 0.15) is 13.3 Å². The second-order valence-electron chi connectivity index (χ2n) is 7.74. The van der Waals surface area contributed by atoms with Crippen LogP contribution >= 0.6 is 24.0 Å². The number of benzene rings is 2. The van der Waals surface area contributed by atoms with Crippen molar-refractivity contribution in [3.63, 3.8) is 0 Å². The average Bonchev–Trinajstić information content (AvgIpc) is 3.28. The summed E-state index contributed by atoms with van der Waals surface area (Å²) in [6.45, 7) is 5.63. The van der Waals surface area contributed by atoms with Crippen molar-refractivity contribution in [3.05, 3.63) is 48.5 Å². The van der Waals surface area contributed by atoms with Crippen molar-refractivity contribution in [1.29, 1.82) is 0 Å². The van der Waals surface area contributed by atoms with Crippen LogP contribution in [0.3, 0.4) is 0 Å². The lowest BCUT2D eigenvalue weighted by atomic mass is 10.1. The topological polar surface area (TPSA) is 67.4 Å². The van der Waals surface area contributed by atoms with Crippen LogP contribution in [0, 0.1) is 5.92 Å². The predicted octanol–water partition coefficient (Wildman–Crippen LogP) is 3.78. The first kappa shape index (κ1) is 25.9. The molecule has 0 aliphatic carbocycles. The van der Waals surface area contributed by atoms with E-state index >= 15 is 0 Å². The first-order valence-electron chi connectivity index (χ1n) is 10.8. The van der Waals surface area contributed by atoms with E-state index in [1.165, 1.54) is 5.69 Å². The van der Waals surface area contributed by atoms with Gasteiger partial charge in [-0.25, -0.2) is 0 Å². The fraction of sp³-hybridized carbons (Fsp3) is 0.458. The number of nitrogens with zero attached hydrogens (tertiary/aromatic N) is 2. The third-order valence-corrected chi connectivity index (χ3v) is 5.42. The summed E-state index contributed by atoms with van der Waals surface area (Å²) < 4.78 is 16.6. The Hall–Kier alpha value is -2.36. The Morgan fingerprint density at radius 2 is 1.75 bits per heavy atom. The Morgan fingerprint density at radius 1 is 1.06 bits per heavy atom. The maximum absolute atomic E-state index is 5.97. The highest BCUT2D eigenvalue weighted by Gasteiger charge is 2.23. The van der Waals surface area contributed by atoms with Crippen molar-refractivity contribution in [2.75, 3.05) is 52.3 Å². The maximum atomic E-state index is 5.97. The lowest BCUT2D eigenvalue weighted by Crippen LogP contribution is -2.43. The lowest BCUT2D eigenvalue weighted by molar-refractivity contribution is 0.223. The minimum Gasteiger partial charge on any atom is -0.497 e. The van der Waals surface area contributed by atoms with Gasteiger partial charge in [0.25, 0.3) is 0 Å². The monoisotopic (exact) mass is 554 g/mol. The molecule has 2 atom stereocenters. The van der Waals surface area contributed by atoms with Gasteiger partial charge >= 0.3 is 0 Å². The van der Waals surface area contributed by atoms with Gasteiger partial charge in [-0.3, -0.25) is 4.99 Å². The third kappa shape index (κ3) is 7.65. The van der Waals surface area contributed by atoms with E-state index in [-0.39, 0.29) is 30.1 Å². The molecule has 1 heterocycles. The summed E-state index contributed by atoms with van der Waals surface area (Å²) in [4.78, 5) is 6.76. The molecule has 0 spiro atoms. The SMILES string of the molecule is CN=C(NCC1CCN(c2cccc(OC)c2)C1)NCC(C)Oc1cccc(OC)c1.I. The highest BCUT2D eigenvalue weighted by atomic mass is 127. The van der Waals surface area contributed by atoms with Gasteiger partial charge in [-0.2, -0.15) is 0 Å². The smallest absolute Gasteiger partial charge is 0.191 e. The van der Waals surface area contributed by atoms with Gasteiger partial charge in [0, 0.05) is 44.5 Å². The van der Waals surface area contributed by atoms with E-state index in [0.29, 0.717) is 12.5 Å². The normalized spacial score (nSPS) is 16.7. The number of nitrogens with one attached hydrogen (secondary N) is 2. The molecule has 3 rings (SSSR count). The van der Waals surface area contributed by atoms with Crippen molar-refractivity contribution in [1.82, 2.24) is 10.6 Å². The van der Waals surface area contributed by atoms with Gasteiger partial charge < -0.3 is 29.7 Å². The highest BCUT2D eigenvalue weighted by Crippen LogP contribution is 2.26. The molecule has 1 aliphatic heterocycles. The molecule has 8 heteroatoms. The molecule has 32 heavy (non-hydrogen) atoms. The summed E-state index contributed by atoms with van der Waals surface area (Å²) in [7, 11) is 5.15. The van der Waals surface area contributed by atoms with Crippen molar-refractivity contribution in [2.45, 2.75) is 19.4 Å². The Kier molecular flexibility index (Phi) is 10.7. The summed E-state index contributed by atoms with van der Waals surface area (Å²) in [5.74, 6) is 3.83. The number of hydrogen-bond acceptors (Lipinski definition) is 5. The molecule has 2 aromatic rings. The molecule has 0 bridgehead atoms. The minimum atomic E-state index is -0.0133. The zero-order valence-electron chi connectivity index (χ0n) is 19.3. The van der Waals surface area contributed by atoms with Crippen LogP contribution in [-0.2, 0) is 0 Å². The van der Waals surface area contributed by atoms with Crippen LogP contribution in [0.4, 0.5) is 5.69 Å². The van der Waals surface area contributed by atoms with E-state index in [0.717, 1.165) is 49.3 Å². The summed E-state index contributed by atoms with van der Waals surface area (Å²) >= 11 is 0. The lowest BCUT2D eigenvalue weighted by Gasteiger charge is -2.21. The molecule has 0 saturated carbocycles. The van der Waals surface area contributed by atoms with E-state index in [2.05, 4.69) is 32.7 Å². The fourth-order valence-electron chi connectivity index (χ4n) is 3.69. The molecular weight excluding hydrogens is 519 g/mol. The van der Waals surface area contributed by atoms with Gasteiger partial charge in [-0.05, 0) is 43.5 Å². The van der Waals surface area contributed by atoms with Crippen molar-refractivity contribution in [2.24, 2.45) is 10.9 Å². The molecule has 2 aromatic carbocycles. The van der Waals surface area contributed by atoms with Gasteiger partial charge in [0.1, 0.15) is 23.4 Å². The fourth-order valence-corrected chi connectivity index (χ4v) is 3.69. The van der Waals surface area contributed by atoms with E-state index < -0.39 is 0 Å². The van der Waals surface area contributed by atoms with Crippen LogP contribution in [0.2, 0.25) is 0 Å². The number of methoxy groups -OCH3 is 2. The van der Waals surface area contributed by atoms with Crippen LogP contribution in [0.25, 0.3) is 0 Å². The number of hydrogen-bond donors (Lipinski definition) is 2. The zero-order chi connectivity index (χ0) is 22.1. The molecule has 2 N–H and O–H groups in total. The van der Waals surface area contributed by atoms with Gasteiger partial charge in [0.05, 0.1) is 20.8 Å². The summed E-state index contributed by atoms with van der Waals surface area (Å²) in [5, 5.41) is 6.81. The number of guanidine groups is 1. The number of ether oxygens (including phenoxy) is 3. The molecule has 1 saturated heterocycles. The molecule has 176 valence electrons. The Bertz CT molecular complexity index is 865. The molecule has 1 aliphatic rings. The largest absolute Gasteiger partial charge is 0.497 e. The molecule has 0 aromatic heterocycles. The molecule has 0 amide bonds. The molecule has 0 radical (unpaired) electrons. The van der Waals surface area contributed by atoms with Crippen molar-refractivity contribution < 1.29 is 14.2 Å². The van der Waals surface area contributed by atoms with Gasteiger partial charge in [-0.1, -0.05) is 12.1 Å². The number of rotatable bonds is 9. The van der Waals surface area contributed by atoms with E-state index in [1.54, 1.807) is 21.3 Å². The molecule has 2 unspecified atom stereocenters.